The fraction of sp³-hybridized carbons (Fsp3) is 0.273. The highest BCUT2D eigenvalue weighted by Crippen LogP contribution is 2.04. The lowest BCUT2D eigenvalue weighted by Crippen LogP contribution is -2.18. The first-order chi connectivity index (χ1) is 7.13. The Balaban J connectivity index is 2.74. The van der Waals surface area contributed by atoms with Crippen molar-refractivity contribution >= 4 is 5.97 Å². The molecule has 1 rings (SSSR count). The van der Waals surface area contributed by atoms with Gasteiger partial charge in [-0.2, -0.15) is 0 Å². The number of carboxylic acid groups (broad SMARTS) is 1. The highest BCUT2D eigenvalue weighted by atomic mass is 16.4. The molecular weight excluding hydrogens is 192 g/mol. The predicted octanol–water partition coefficient (Wildman–Crippen LogP) is 0.845. The van der Waals surface area contributed by atoms with E-state index in [1.165, 1.54) is 12.3 Å². The van der Waals surface area contributed by atoms with Crippen molar-refractivity contribution < 1.29 is 9.90 Å². The topological polar surface area (TPSA) is 53.4 Å². The van der Waals surface area contributed by atoms with Gasteiger partial charge in [-0.1, -0.05) is 5.92 Å². The molecule has 1 heterocycles. The van der Waals surface area contributed by atoms with E-state index in [9.17, 15) is 4.79 Å². The lowest BCUT2D eigenvalue weighted by atomic mass is 10.2. The van der Waals surface area contributed by atoms with Crippen LogP contribution < -0.4 is 0 Å². The van der Waals surface area contributed by atoms with Crippen molar-refractivity contribution in [2.75, 3.05) is 13.6 Å². The van der Waals surface area contributed by atoms with Gasteiger partial charge in [0.15, 0.2) is 0 Å². The molecule has 0 fully saturated rings. The Labute approximate surface area is 88.6 Å². The molecule has 0 saturated heterocycles. The highest BCUT2D eigenvalue weighted by molar-refractivity contribution is 5.87. The molecule has 0 bridgehead atoms. The number of aromatic carboxylic acids is 1. The van der Waals surface area contributed by atoms with Crippen LogP contribution in [0.4, 0.5) is 0 Å². The molecule has 4 nitrogen and oxygen atoms in total. The minimum absolute atomic E-state index is 0.245. The van der Waals surface area contributed by atoms with Gasteiger partial charge in [0.2, 0.25) is 0 Å². The Kier molecular flexibility index (Phi) is 3.83. The van der Waals surface area contributed by atoms with Gasteiger partial charge < -0.3 is 5.11 Å². The Hall–Kier alpha value is -1.86. The van der Waals surface area contributed by atoms with Gasteiger partial charge in [-0.3, -0.25) is 9.88 Å². The third kappa shape index (κ3) is 3.41. The van der Waals surface area contributed by atoms with Crippen molar-refractivity contribution in [3.8, 4) is 12.3 Å². The van der Waals surface area contributed by atoms with E-state index >= 15 is 0 Å². The summed E-state index contributed by atoms with van der Waals surface area (Å²) in [5, 5.41) is 8.77. The zero-order valence-electron chi connectivity index (χ0n) is 8.47. The van der Waals surface area contributed by atoms with E-state index in [-0.39, 0.29) is 5.56 Å². The largest absolute Gasteiger partial charge is 0.478 e. The standard InChI is InChI=1S/C11H12N2O2/c1-3-6-13(2)8-10-7-9(11(14)15)4-5-12-10/h1,4-5,7H,6,8H2,2H3,(H,14,15). The van der Waals surface area contributed by atoms with Crippen LogP contribution in [0.15, 0.2) is 18.3 Å². The lowest BCUT2D eigenvalue weighted by molar-refractivity contribution is 0.0696. The molecule has 4 heteroatoms. The van der Waals surface area contributed by atoms with Crippen molar-refractivity contribution in [3.63, 3.8) is 0 Å². The molecule has 0 amide bonds. The summed E-state index contributed by atoms with van der Waals surface area (Å²) in [4.78, 5) is 16.6. The van der Waals surface area contributed by atoms with Gasteiger partial charge in [-0.05, 0) is 19.2 Å². The number of nitrogens with zero attached hydrogens (tertiary/aromatic N) is 2. The van der Waals surface area contributed by atoms with Gasteiger partial charge >= 0.3 is 5.97 Å². The number of hydrogen-bond acceptors (Lipinski definition) is 3. The number of aromatic nitrogens is 1. The van der Waals surface area contributed by atoms with E-state index in [1.807, 2.05) is 11.9 Å². The molecule has 0 spiro atoms. The third-order valence-corrected chi connectivity index (χ3v) is 1.86. The van der Waals surface area contributed by atoms with E-state index in [1.54, 1.807) is 6.07 Å². The fourth-order valence-electron chi connectivity index (χ4n) is 1.19. The van der Waals surface area contributed by atoms with Crippen LogP contribution in [-0.2, 0) is 6.54 Å². The third-order valence-electron chi connectivity index (χ3n) is 1.86. The summed E-state index contributed by atoms with van der Waals surface area (Å²) in [6.45, 7) is 1.06. The molecule has 0 aromatic carbocycles. The number of carboxylic acids is 1. The molecule has 1 N–H and O–H groups in total. The van der Waals surface area contributed by atoms with Crippen molar-refractivity contribution in [3.05, 3.63) is 29.6 Å². The highest BCUT2D eigenvalue weighted by Gasteiger charge is 2.05. The minimum Gasteiger partial charge on any atom is -0.478 e. The van der Waals surface area contributed by atoms with E-state index in [0.29, 0.717) is 18.8 Å². The summed E-state index contributed by atoms with van der Waals surface area (Å²) in [6.07, 6.45) is 6.64. The first-order valence-corrected chi connectivity index (χ1v) is 4.43. The Morgan fingerprint density at radius 3 is 3.07 bits per heavy atom. The first kappa shape index (κ1) is 11.2. The van der Waals surface area contributed by atoms with Crippen LogP contribution in [0.1, 0.15) is 16.1 Å². The van der Waals surface area contributed by atoms with E-state index in [4.69, 9.17) is 11.5 Å². The summed E-state index contributed by atoms with van der Waals surface area (Å²) >= 11 is 0. The molecule has 0 aliphatic heterocycles. The van der Waals surface area contributed by atoms with Gasteiger partial charge in [0.1, 0.15) is 0 Å². The molecule has 15 heavy (non-hydrogen) atoms. The van der Waals surface area contributed by atoms with Crippen LogP contribution in [0.3, 0.4) is 0 Å². The van der Waals surface area contributed by atoms with Crippen molar-refractivity contribution in [1.29, 1.82) is 0 Å². The Morgan fingerprint density at radius 2 is 2.47 bits per heavy atom. The van der Waals surface area contributed by atoms with Crippen LogP contribution in [0.2, 0.25) is 0 Å². The van der Waals surface area contributed by atoms with Crippen molar-refractivity contribution in [1.82, 2.24) is 9.88 Å². The molecule has 0 aliphatic carbocycles. The minimum atomic E-state index is -0.946. The molecule has 78 valence electrons. The predicted molar refractivity (Wildman–Crippen MR) is 56.4 cm³/mol. The van der Waals surface area contributed by atoms with Gasteiger partial charge in [-0.25, -0.2) is 4.79 Å². The maximum absolute atomic E-state index is 10.7. The summed E-state index contributed by atoms with van der Waals surface area (Å²) < 4.78 is 0. The molecule has 0 radical (unpaired) electrons. The van der Waals surface area contributed by atoms with Crippen LogP contribution >= 0.6 is 0 Å². The SMILES string of the molecule is C#CCN(C)Cc1cc(C(=O)O)ccn1. The van der Waals surface area contributed by atoms with Crippen LogP contribution in [-0.4, -0.2) is 34.6 Å². The number of terminal acetylenes is 1. The number of pyridine rings is 1. The maximum atomic E-state index is 10.7. The van der Waals surface area contributed by atoms with Gasteiger partial charge in [0.05, 0.1) is 17.8 Å². The summed E-state index contributed by atoms with van der Waals surface area (Å²) in [6, 6.07) is 3.02. The van der Waals surface area contributed by atoms with E-state index in [2.05, 4.69) is 10.9 Å². The average molecular weight is 204 g/mol. The van der Waals surface area contributed by atoms with Crippen LogP contribution in [0, 0.1) is 12.3 Å². The summed E-state index contributed by atoms with van der Waals surface area (Å²) in [7, 11) is 1.86. The second kappa shape index (κ2) is 5.13. The van der Waals surface area contributed by atoms with Crippen LogP contribution in [0.5, 0.6) is 0 Å². The molecule has 0 atom stereocenters. The average Bonchev–Trinajstić information content (AvgIpc) is 2.18. The second-order valence-electron chi connectivity index (χ2n) is 3.22. The fourth-order valence-corrected chi connectivity index (χ4v) is 1.19. The zero-order chi connectivity index (χ0) is 11.3. The maximum Gasteiger partial charge on any atom is 0.335 e. The molecule has 0 aliphatic rings. The van der Waals surface area contributed by atoms with E-state index < -0.39 is 5.97 Å². The number of rotatable bonds is 4. The smallest absolute Gasteiger partial charge is 0.335 e. The second-order valence-corrected chi connectivity index (χ2v) is 3.22. The van der Waals surface area contributed by atoms with E-state index in [0.717, 1.165) is 0 Å². The Bertz CT molecular complexity index is 396. The molecule has 0 unspecified atom stereocenters. The van der Waals surface area contributed by atoms with Crippen molar-refractivity contribution in [2.24, 2.45) is 0 Å². The molecule has 1 aromatic heterocycles. The monoisotopic (exact) mass is 204 g/mol. The molecule has 1 aromatic rings. The summed E-state index contributed by atoms with van der Waals surface area (Å²) in [5.41, 5.74) is 0.946. The van der Waals surface area contributed by atoms with Gasteiger partial charge in [-0.15, -0.1) is 6.42 Å². The lowest BCUT2D eigenvalue weighted by Gasteiger charge is -2.12. The molecule has 0 saturated carbocycles. The van der Waals surface area contributed by atoms with Crippen molar-refractivity contribution in [2.45, 2.75) is 6.54 Å². The zero-order valence-corrected chi connectivity index (χ0v) is 8.47. The summed E-state index contributed by atoms with van der Waals surface area (Å²) in [5.74, 6) is 1.56. The van der Waals surface area contributed by atoms with Gasteiger partial charge in [0.25, 0.3) is 0 Å². The quantitative estimate of drug-likeness (QED) is 0.738. The number of carbonyl (C=O) groups is 1. The molecular formula is C11H12N2O2. The normalized spacial score (nSPS) is 9.93. The van der Waals surface area contributed by atoms with Crippen LogP contribution in [0.25, 0.3) is 0 Å². The van der Waals surface area contributed by atoms with Gasteiger partial charge in [0, 0.05) is 12.7 Å². The number of hydrogen-bond donors (Lipinski definition) is 1. The Morgan fingerprint density at radius 1 is 1.73 bits per heavy atom. The first-order valence-electron chi connectivity index (χ1n) is 4.43.